The smallest absolute Gasteiger partial charge is 0.124 e. The summed E-state index contributed by atoms with van der Waals surface area (Å²) in [6, 6.07) is 13.2. The third-order valence-electron chi connectivity index (χ3n) is 2.93. The van der Waals surface area contributed by atoms with Gasteiger partial charge in [-0.25, -0.2) is 0 Å². The van der Waals surface area contributed by atoms with E-state index < -0.39 is 0 Å². The lowest BCUT2D eigenvalue weighted by Gasteiger charge is -2.20. The Morgan fingerprint density at radius 2 is 1.70 bits per heavy atom. The van der Waals surface area contributed by atoms with Gasteiger partial charge >= 0.3 is 0 Å². The van der Waals surface area contributed by atoms with E-state index in [1.54, 1.807) is 0 Å². The minimum absolute atomic E-state index is 0.0985. The van der Waals surface area contributed by atoms with Gasteiger partial charge in [-0.3, -0.25) is 0 Å². The Morgan fingerprint density at radius 1 is 1.05 bits per heavy atom. The molecular formula is C16H17BrClNO. The molecule has 1 atom stereocenters. The summed E-state index contributed by atoms with van der Waals surface area (Å²) in [5.41, 5.74) is 8.18. The van der Waals surface area contributed by atoms with Crippen molar-refractivity contribution >= 4 is 27.5 Å². The lowest BCUT2D eigenvalue weighted by molar-refractivity contribution is 0.239. The molecule has 0 aromatic heterocycles. The second kappa shape index (κ2) is 6.61. The Labute approximate surface area is 133 Å². The van der Waals surface area contributed by atoms with E-state index in [4.69, 9.17) is 22.1 Å². The summed E-state index contributed by atoms with van der Waals surface area (Å²) in [5, 5.41) is 0.638. The van der Waals surface area contributed by atoms with Crippen molar-refractivity contribution in [1.82, 2.24) is 0 Å². The van der Waals surface area contributed by atoms with Crippen LogP contribution in [0.25, 0.3) is 0 Å². The molecule has 0 saturated carbocycles. The minimum atomic E-state index is -0.324. The first-order chi connectivity index (χ1) is 9.50. The Morgan fingerprint density at radius 3 is 2.40 bits per heavy atom. The molecule has 0 saturated heterocycles. The molecule has 2 aromatic rings. The van der Waals surface area contributed by atoms with Crippen molar-refractivity contribution in [3.63, 3.8) is 0 Å². The van der Waals surface area contributed by atoms with E-state index in [1.807, 2.05) is 56.3 Å². The van der Waals surface area contributed by atoms with Crippen LogP contribution in [-0.2, 0) is 0 Å². The first-order valence-electron chi connectivity index (χ1n) is 6.45. The van der Waals surface area contributed by atoms with Gasteiger partial charge in [0.2, 0.25) is 0 Å². The van der Waals surface area contributed by atoms with E-state index >= 15 is 0 Å². The van der Waals surface area contributed by atoms with Crippen LogP contribution in [0.4, 0.5) is 0 Å². The van der Waals surface area contributed by atoms with E-state index in [2.05, 4.69) is 15.9 Å². The molecule has 0 fully saturated rings. The molecule has 1 unspecified atom stereocenters. The molecule has 0 aliphatic carbocycles. The highest BCUT2D eigenvalue weighted by Gasteiger charge is 2.18. The van der Waals surface area contributed by atoms with Gasteiger partial charge in [-0.15, -0.1) is 0 Å². The van der Waals surface area contributed by atoms with E-state index in [9.17, 15) is 0 Å². The van der Waals surface area contributed by atoms with Crippen molar-refractivity contribution in [3.05, 3.63) is 63.1 Å². The first-order valence-corrected chi connectivity index (χ1v) is 7.63. The minimum Gasteiger partial charge on any atom is -0.491 e. The van der Waals surface area contributed by atoms with Crippen LogP contribution in [0.5, 0.6) is 5.75 Å². The van der Waals surface area contributed by atoms with Crippen molar-refractivity contribution in [2.75, 3.05) is 0 Å². The maximum atomic E-state index is 6.38. The second-order valence-electron chi connectivity index (χ2n) is 4.83. The zero-order valence-electron chi connectivity index (χ0n) is 11.4. The third kappa shape index (κ3) is 3.35. The van der Waals surface area contributed by atoms with Crippen molar-refractivity contribution < 1.29 is 4.74 Å². The summed E-state index contributed by atoms with van der Waals surface area (Å²) in [7, 11) is 0. The highest BCUT2D eigenvalue weighted by atomic mass is 79.9. The molecule has 2 N–H and O–H groups in total. The summed E-state index contributed by atoms with van der Waals surface area (Å²) in [5.74, 6) is 0.797. The molecule has 0 aliphatic heterocycles. The summed E-state index contributed by atoms with van der Waals surface area (Å²) >= 11 is 9.76. The molecule has 0 heterocycles. The number of para-hydroxylation sites is 1. The van der Waals surface area contributed by atoms with Crippen molar-refractivity contribution in [2.24, 2.45) is 5.73 Å². The van der Waals surface area contributed by atoms with Gasteiger partial charge in [0.25, 0.3) is 0 Å². The SMILES string of the molecule is CC(C)Oc1ccccc1C(N)c1cccc(Br)c1Cl. The Balaban J connectivity index is 2.43. The quantitative estimate of drug-likeness (QED) is 0.844. The molecule has 2 aromatic carbocycles. The van der Waals surface area contributed by atoms with Crippen LogP contribution >= 0.6 is 27.5 Å². The molecule has 0 radical (unpaired) electrons. The Kier molecular flexibility index (Phi) is 5.08. The maximum Gasteiger partial charge on any atom is 0.124 e. The number of nitrogens with two attached hydrogens (primary N) is 1. The van der Waals surface area contributed by atoms with E-state index in [0.717, 1.165) is 21.3 Å². The highest BCUT2D eigenvalue weighted by Crippen LogP contribution is 2.35. The largest absolute Gasteiger partial charge is 0.491 e. The summed E-state index contributed by atoms with van der Waals surface area (Å²) in [4.78, 5) is 0. The summed E-state index contributed by atoms with van der Waals surface area (Å²) < 4.78 is 6.67. The average molecular weight is 355 g/mol. The zero-order valence-corrected chi connectivity index (χ0v) is 13.8. The van der Waals surface area contributed by atoms with Crippen LogP contribution in [0.15, 0.2) is 46.9 Å². The lowest BCUT2D eigenvalue weighted by atomic mass is 9.98. The fraction of sp³-hybridized carbons (Fsp3) is 0.250. The number of benzene rings is 2. The Bertz CT molecular complexity index is 601. The number of hydrogen-bond donors (Lipinski definition) is 1. The molecule has 0 aliphatic rings. The predicted octanol–water partition coefficient (Wildman–Crippen LogP) is 4.94. The fourth-order valence-corrected chi connectivity index (χ4v) is 2.65. The molecule has 2 nitrogen and oxygen atoms in total. The van der Waals surface area contributed by atoms with Gasteiger partial charge in [0.05, 0.1) is 17.2 Å². The van der Waals surface area contributed by atoms with Gasteiger partial charge in [0.1, 0.15) is 5.75 Å². The van der Waals surface area contributed by atoms with Gasteiger partial charge in [-0.1, -0.05) is 41.9 Å². The van der Waals surface area contributed by atoms with Crippen LogP contribution in [0.3, 0.4) is 0 Å². The molecule has 2 rings (SSSR count). The van der Waals surface area contributed by atoms with E-state index in [-0.39, 0.29) is 12.1 Å². The maximum absolute atomic E-state index is 6.38. The van der Waals surface area contributed by atoms with Crippen molar-refractivity contribution in [3.8, 4) is 5.75 Å². The fourth-order valence-electron chi connectivity index (χ4n) is 2.03. The van der Waals surface area contributed by atoms with Crippen LogP contribution in [0.1, 0.15) is 31.0 Å². The number of hydrogen-bond acceptors (Lipinski definition) is 2. The number of rotatable bonds is 4. The van der Waals surface area contributed by atoms with Crippen LogP contribution in [-0.4, -0.2) is 6.10 Å². The van der Waals surface area contributed by atoms with Crippen molar-refractivity contribution in [2.45, 2.75) is 26.0 Å². The van der Waals surface area contributed by atoms with Crippen LogP contribution in [0, 0.1) is 0 Å². The highest BCUT2D eigenvalue weighted by molar-refractivity contribution is 9.10. The monoisotopic (exact) mass is 353 g/mol. The number of ether oxygens (including phenoxy) is 1. The topological polar surface area (TPSA) is 35.2 Å². The zero-order chi connectivity index (χ0) is 14.7. The summed E-state index contributed by atoms with van der Waals surface area (Å²) in [6.07, 6.45) is 0.0985. The van der Waals surface area contributed by atoms with Gasteiger partial charge in [-0.2, -0.15) is 0 Å². The predicted molar refractivity (Wildman–Crippen MR) is 87.4 cm³/mol. The van der Waals surface area contributed by atoms with Gasteiger partial charge in [0, 0.05) is 10.0 Å². The van der Waals surface area contributed by atoms with Gasteiger partial charge in [0.15, 0.2) is 0 Å². The normalized spacial score (nSPS) is 12.5. The summed E-state index contributed by atoms with van der Waals surface area (Å²) in [6.45, 7) is 3.99. The third-order valence-corrected chi connectivity index (χ3v) is 4.24. The molecule has 0 bridgehead atoms. The molecule has 4 heteroatoms. The first kappa shape index (κ1) is 15.4. The Hall–Kier alpha value is -1.03. The molecule has 0 amide bonds. The molecule has 106 valence electrons. The standard InChI is InChI=1S/C16H17BrClNO/c1-10(2)20-14-9-4-3-6-11(14)16(19)12-7-5-8-13(17)15(12)18/h3-10,16H,19H2,1-2H3. The molecule has 0 spiro atoms. The molecule has 20 heavy (non-hydrogen) atoms. The average Bonchev–Trinajstić information content (AvgIpc) is 2.41. The van der Waals surface area contributed by atoms with Gasteiger partial charge in [-0.05, 0) is 47.5 Å². The van der Waals surface area contributed by atoms with Crippen molar-refractivity contribution in [1.29, 1.82) is 0 Å². The van der Waals surface area contributed by atoms with E-state index in [0.29, 0.717) is 5.02 Å². The second-order valence-corrected chi connectivity index (χ2v) is 6.06. The van der Waals surface area contributed by atoms with Crippen LogP contribution in [0.2, 0.25) is 5.02 Å². The molecular weight excluding hydrogens is 338 g/mol. The number of halogens is 2. The van der Waals surface area contributed by atoms with Crippen LogP contribution < -0.4 is 10.5 Å². The van der Waals surface area contributed by atoms with Gasteiger partial charge < -0.3 is 10.5 Å². The lowest BCUT2D eigenvalue weighted by Crippen LogP contribution is -2.16. The van der Waals surface area contributed by atoms with E-state index in [1.165, 1.54) is 0 Å².